The molecule has 0 N–H and O–H groups in total. The van der Waals surface area contributed by atoms with E-state index in [4.69, 9.17) is 0 Å². The second-order valence-corrected chi connectivity index (χ2v) is 4.44. The first kappa shape index (κ1) is 18.5. The van der Waals surface area contributed by atoms with E-state index in [1.807, 2.05) is 0 Å². The summed E-state index contributed by atoms with van der Waals surface area (Å²) in [7, 11) is -4.55. The zero-order valence-corrected chi connectivity index (χ0v) is 9.17. The van der Waals surface area contributed by atoms with Crippen molar-refractivity contribution in [2.24, 2.45) is 0 Å². The van der Waals surface area contributed by atoms with Crippen LogP contribution in [0.2, 0.25) is 0 Å². The molecule has 0 amide bonds. The van der Waals surface area contributed by atoms with Gasteiger partial charge >= 0.3 is 31.0 Å². The summed E-state index contributed by atoms with van der Waals surface area (Å²) in [5.74, 6) is -5.76. The number of alkyl halides is 5. The summed E-state index contributed by atoms with van der Waals surface area (Å²) in [5, 5.41) is 0. The summed E-state index contributed by atoms with van der Waals surface area (Å²) in [4.78, 5) is 0. The van der Waals surface area contributed by atoms with Gasteiger partial charge in [0.15, 0.2) is 0 Å². The maximum absolute atomic E-state index is 12.2. The van der Waals surface area contributed by atoms with E-state index in [9.17, 15) is 34.9 Å². The van der Waals surface area contributed by atoms with Crippen molar-refractivity contribution in [3.63, 3.8) is 0 Å². The van der Waals surface area contributed by atoms with E-state index in [2.05, 4.69) is 0 Å². The van der Waals surface area contributed by atoms with E-state index in [1.165, 1.54) is 0 Å². The van der Waals surface area contributed by atoms with Crippen molar-refractivity contribution >= 4 is 10.1 Å². The molecule has 0 aliphatic rings. The molecule has 92 valence electrons. The minimum Gasteiger partial charge on any atom is -0.748 e. The molecule has 0 aromatic carbocycles. The minimum absolute atomic E-state index is 0. The molecule has 0 unspecified atom stereocenters. The van der Waals surface area contributed by atoms with Crippen LogP contribution in [0.5, 0.6) is 0 Å². The number of hydrogen-bond acceptors (Lipinski definition) is 3. The minimum atomic E-state index is -5.64. The third kappa shape index (κ3) is 7.43. The topological polar surface area (TPSA) is 57.2 Å². The van der Waals surface area contributed by atoms with E-state index in [1.54, 1.807) is 0 Å². The van der Waals surface area contributed by atoms with Gasteiger partial charge in [0.2, 0.25) is 0 Å². The van der Waals surface area contributed by atoms with Gasteiger partial charge in [-0.05, 0) is 12.8 Å². The SMILES string of the molecule is O=S(=O)([O-])CCCCC(F)(F)C(F)(F)F.[Li+]. The Morgan fingerprint density at radius 2 is 1.44 bits per heavy atom. The van der Waals surface area contributed by atoms with Crippen LogP contribution in [0, 0.1) is 0 Å². The Hall–Kier alpha value is 0.157. The Balaban J connectivity index is 0. The summed E-state index contributed by atoms with van der Waals surface area (Å²) in [6, 6.07) is 0. The van der Waals surface area contributed by atoms with Gasteiger partial charge in [-0.3, -0.25) is 0 Å². The van der Waals surface area contributed by atoms with E-state index in [-0.39, 0.29) is 18.9 Å². The molecule has 0 fully saturated rings. The molecule has 0 aliphatic heterocycles. The molecular weight excluding hydrogens is 254 g/mol. The van der Waals surface area contributed by atoms with Crippen LogP contribution in [0.25, 0.3) is 0 Å². The Morgan fingerprint density at radius 1 is 1.00 bits per heavy atom. The molecule has 0 aromatic rings. The molecule has 0 rings (SSSR count). The third-order valence-corrected chi connectivity index (χ3v) is 2.34. The van der Waals surface area contributed by atoms with Crippen LogP contribution in [0.4, 0.5) is 22.0 Å². The molecule has 3 nitrogen and oxygen atoms in total. The van der Waals surface area contributed by atoms with Crippen molar-refractivity contribution in [3.8, 4) is 0 Å². The molecule has 0 aliphatic carbocycles. The van der Waals surface area contributed by atoms with Crippen molar-refractivity contribution in [3.05, 3.63) is 0 Å². The monoisotopic (exact) mass is 262 g/mol. The smallest absolute Gasteiger partial charge is 0.748 e. The Bertz CT molecular complexity index is 300. The van der Waals surface area contributed by atoms with E-state index < -0.39 is 47.2 Å². The molecule has 0 radical (unpaired) electrons. The van der Waals surface area contributed by atoms with Gasteiger partial charge in [0, 0.05) is 12.2 Å². The van der Waals surface area contributed by atoms with Gasteiger partial charge in [-0.2, -0.15) is 22.0 Å². The van der Waals surface area contributed by atoms with Gasteiger partial charge in [0.25, 0.3) is 0 Å². The molecule has 0 aromatic heterocycles. The number of hydrogen-bond donors (Lipinski definition) is 0. The quantitative estimate of drug-likeness (QED) is 0.273. The summed E-state index contributed by atoms with van der Waals surface area (Å²) in [5.41, 5.74) is 0. The van der Waals surface area contributed by atoms with Crippen LogP contribution in [0.1, 0.15) is 19.3 Å². The van der Waals surface area contributed by atoms with Gasteiger partial charge < -0.3 is 4.55 Å². The fourth-order valence-electron chi connectivity index (χ4n) is 0.768. The van der Waals surface area contributed by atoms with Crippen molar-refractivity contribution < 1.29 is 53.8 Å². The average molecular weight is 262 g/mol. The second kappa shape index (κ2) is 6.19. The van der Waals surface area contributed by atoms with Gasteiger partial charge in [-0.1, -0.05) is 0 Å². The first-order valence-electron chi connectivity index (χ1n) is 3.84. The molecular formula is C6H8F5LiO3S. The Morgan fingerprint density at radius 3 is 1.75 bits per heavy atom. The normalized spacial score (nSPS) is 13.4. The molecule has 0 heterocycles. The molecule has 0 saturated heterocycles. The van der Waals surface area contributed by atoms with Gasteiger partial charge in [-0.15, -0.1) is 0 Å². The van der Waals surface area contributed by atoms with E-state index in [0.717, 1.165) is 0 Å². The Labute approximate surface area is 101 Å². The van der Waals surface area contributed by atoms with Crippen molar-refractivity contribution in [2.75, 3.05) is 5.75 Å². The molecule has 0 atom stereocenters. The number of rotatable bonds is 5. The fourth-order valence-corrected chi connectivity index (χ4v) is 1.33. The second-order valence-electron chi connectivity index (χ2n) is 2.92. The first-order chi connectivity index (χ1) is 6.46. The van der Waals surface area contributed by atoms with Crippen LogP contribution in [-0.4, -0.2) is 30.8 Å². The van der Waals surface area contributed by atoms with Crippen LogP contribution >= 0.6 is 0 Å². The largest absolute Gasteiger partial charge is 1.00 e. The van der Waals surface area contributed by atoms with Crippen LogP contribution in [-0.2, 0) is 10.1 Å². The third-order valence-electron chi connectivity index (χ3n) is 1.55. The zero-order valence-electron chi connectivity index (χ0n) is 8.35. The van der Waals surface area contributed by atoms with Crippen LogP contribution in [0.15, 0.2) is 0 Å². The summed E-state index contributed by atoms with van der Waals surface area (Å²) in [6.07, 6.45) is -8.32. The molecule has 16 heavy (non-hydrogen) atoms. The van der Waals surface area contributed by atoms with Gasteiger partial charge in [0.1, 0.15) is 0 Å². The van der Waals surface area contributed by atoms with Crippen molar-refractivity contribution in [2.45, 2.75) is 31.4 Å². The summed E-state index contributed by atoms with van der Waals surface area (Å²) in [6.45, 7) is 0. The molecule has 0 saturated carbocycles. The van der Waals surface area contributed by atoms with Crippen molar-refractivity contribution in [1.29, 1.82) is 0 Å². The first-order valence-corrected chi connectivity index (χ1v) is 5.41. The predicted octanol–water partition coefficient (Wildman–Crippen LogP) is -1.10. The zero-order chi connectivity index (χ0) is 12.3. The van der Waals surface area contributed by atoms with Crippen LogP contribution in [0.3, 0.4) is 0 Å². The maximum Gasteiger partial charge on any atom is 1.00 e. The summed E-state index contributed by atoms with van der Waals surface area (Å²) < 4.78 is 89.1. The maximum atomic E-state index is 12.2. The molecule has 0 spiro atoms. The van der Waals surface area contributed by atoms with Crippen LogP contribution < -0.4 is 18.9 Å². The molecule has 10 heteroatoms. The van der Waals surface area contributed by atoms with Crippen molar-refractivity contribution in [1.82, 2.24) is 0 Å². The predicted molar refractivity (Wildman–Crippen MR) is 39.4 cm³/mol. The standard InChI is InChI=1S/C6H9F5O3S.Li/c7-5(8,6(9,10)11)3-1-2-4-15(12,13)14;/h1-4H2,(H,12,13,14);/q;+1/p-1. The molecule has 0 bridgehead atoms. The van der Waals surface area contributed by atoms with Gasteiger partial charge in [0.05, 0.1) is 10.1 Å². The van der Waals surface area contributed by atoms with E-state index in [0.29, 0.717) is 0 Å². The van der Waals surface area contributed by atoms with E-state index >= 15 is 0 Å². The summed E-state index contributed by atoms with van der Waals surface area (Å²) >= 11 is 0. The Kier molecular flexibility index (Phi) is 7.16. The fraction of sp³-hybridized carbons (Fsp3) is 1.00. The number of halogens is 5. The van der Waals surface area contributed by atoms with Gasteiger partial charge in [-0.25, -0.2) is 8.42 Å². The number of unbranched alkanes of at least 4 members (excludes halogenated alkanes) is 1. The average Bonchev–Trinajstić information content (AvgIpc) is 1.94.